The van der Waals surface area contributed by atoms with E-state index in [0.29, 0.717) is 17.2 Å². The predicted molar refractivity (Wildman–Crippen MR) is 107 cm³/mol. The molecule has 1 unspecified atom stereocenters. The van der Waals surface area contributed by atoms with E-state index >= 15 is 0 Å². The lowest BCUT2D eigenvalue weighted by Crippen LogP contribution is -2.11. The lowest BCUT2D eigenvalue weighted by atomic mass is 10.0. The van der Waals surface area contributed by atoms with E-state index in [2.05, 4.69) is 13.0 Å². The Hall–Kier alpha value is -2.56. The molecule has 0 bridgehead atoms. The van der Waals surface area contributed by atoms with Crippen LogP contribution < -0.4 is 23.7 Å². The summed E-state index contributed by atoms with van der Waals surface area (Å²) in [5, 5.41) is 0. The first-order chi connectivity index (χ1) is 13.1. The molecule has 0 radical (unpaired) electrons. The van der Waals surface area contributed by atoms with Crippen molar-refractivity contribution in [3.05, 3.63) is 41.5 Å². The first kappa shape index (κ1) is 20.7. The maximum Gasteiger partial charge on any atom is 0.203 e. The Morgan fingerprint density at radius 2 is 1.22 bits per heavy atom. The molecule has 1 atom stereocenters. The van der Waals surface area contributed by atoms with Crippen LogP contribution in [-0.4, -0.2) is 34.5 Å². The summed E-state index contributed by atoms with van der Waals surface area (Å²) in [4.78, 5) is 0. The first-order valence-corrected chi connectivity index (χ1v) is 9.18. The van der Waals surface area contributed by atoms with Crippen molar-refractivity contribution < 1.29 is 23.7 Å². The fourth-order valence-corrected chi connectivity index (χ4v) is 2.80. The fourth-order valence-electron chi connectivity index (χ4n) is 2.80. The molecule has 148 valence electrons. The zero-order valence-corrected chi connectivity index (χ0v) is 17.1. The molecule has 0 heterocycles. The Bertz CT molecular complexity index is 716. The minimum absolute atomic E-state index is 0.0883. The van der Waals surface area contributed by atoms with E-state index in [4.69, 9.17) is 23.7 Å². The van der Waals surface area contributed by atoms with Crippen molar-refractivity contribution in [3.63, 3.8) is 0 Å². The molecule has 0 saturated carbocycles. The maximum atomic E-state index is 6.00. The van der Waals surface area contributed by atoms with Gasteiger partial charge in [0.15, 0.2) is 23.0 Å². The van der Waals surface area contributed by atoms with Gasteiger partial charge in [0.1, 0.15) is 0 Å². The van der Waals surface area contributed by atoms with Crippen LogP contribution in [0.2, 0.25) is 0 Å². The third kappa shape index (κ3) is 5.22. The second-order valence-corrected chi connectivity index (χ2v) is 6.36. The van der Waals surface area contributed by atoms with E-state index in [1.165, 1.54) is 5.56 Å². The average molecular weight is 374 g/mol. The Labute approximate surface area is 162 Å². The topological polar surface area (TPSA) is 46.2 Å². The van der Waals surface area contributed by atoms with Gasteiger partial charge in [-0.25, -0.2) is 0 Å². The van der Waals surface area contributed by atoms with Crippen molar-refractivity contribution in [1.29, 1.82) is 0 Å². The Balaban J connectivity index is 2.21. The summed E-state index contributed by atoms with van der Waals surface area (Å²) < 4.78 is 27.8. The van der Waals surface area contributed by atoms with Gasteiger partial charge in [0.2, 0.25) is 5.75 Å². The smallest absolute Gasteiger partial charge is 0.203 e. The van der Waals surface area contributed by atoms with Crippen LogP contribution in [-0.2, 0) is 12.8 Å². The lowest BCUT2D eigenvalue weighted by molar-refractivity contribution is 0.198. The molecular formula is C22H30O5. The number of hydrogen-bond donors (Lipinski definition) is 0. The number of ether oxygens (including phenoxy) is 5. The molecule has 5 nitrogen and oxygen atoms in total. The third-order valence-electron chi connectivity index (χ3n) is 4.56. The molecule has 0 fully saturated rings. The van der Waals surface area contributed by atoms with Gasteiger partial charge >= 0.3 is 0 Å². The normalized spacial score (nSPS) is 11.6. The zero-order valence-electron chi connectivity index (χ0n) is 17.1. The molecule has 0 N–H and O–H groups in total. The number of rotatable bonds is 10. The number of hydrogen-bond acceptors (Lipinski definition) is 5. The molecule has 0 aliphatic carbocycles. The van der Waals surface area contributed by atoms with Crippen LogP contribution in [0.5, 0.6) is 28.7 Å². The summed E-state index contributed by atoms with van der Waals surface area (Å²) in [6, 6.07) is 10.0. The number of methoxy groups -OCH3 is 4. The van der Waals surface area contributed by atoms with Crippen molar-refractivity contribution in [2.45, 2.75) is 39.2 Å². The van der Waals surface area contributed by atoms with Crippen LogP contribution in [0.1, 0.15) is 31.4 Å². The summed E-state index contributed by atoms with van der Waals surface area (Å²) in [5.74, 6) is 3.51. The highest BCUT2D eigenvalue weighted by Gasteiger charge is 2.16. The quantitative estimate of drug-likeness (QED) is 0.604. The van der Waals surface area contributed by atoms with E-state index in [-0.39, 0.29) is 6.10 Å². The van der Waals surface area contributed by atoms with Crippen LogP contribution in [0.4, 0.5) is 0 Å². The van der Waals surface area contributed by atoms with Crippen molar-refractivity contribution >= 4 is 0 Å². The van der Waals surface area contributed by atoms with Crippen LogP contribution in [0.25, 0.3) is 0 Å². The molecule has 2 aromatic rings. The highest BCUT2D eigenvalue weighted by molar-refractivity contribution is 5.54. The van der Waals surface area contributed by atoms with Crippen molar-refractivity contribution in [1.82, 2.24) is 0 Å². The molecule has 2 rings (SSSR count). The Morgan fingerprint density at radius 1 is 0.704 bits per heavy atom. The molecular weight excluding hydrogens is 344 g/mol. The van der Waals surface area contributed by atoms with Gasteiger partial charge in [-0.3, -0.25) is 0 Å². The average Bonchev–Trinajstić information content (AvgIpc) is 2.71. The van der Waals surface area contributed by atoms with E-state index in [0.717, 1.165) is 36.3 Å². The van der Waals surface area contributed by atoms with Gasteiger partial charge in [-0.05, 0) is 61.6 Å². The van der Waals surface area contributed by atoms with Crippen LogP contribution >= 0.6 is 0 Å². The van der Waals surface area contributed by atoms with Gasteiger partial charge in [-0.1, -0.05) is 13.0 Å². The van der Waals surface area contributed by atoms with Crippen molar-refractivity contribution in [2.75, 3.05) is 28.4 Å². The zero-order chi connectivity index (χ0) is 19.8. The first-order valence-electron chi connectivity index (χ1n) is 9.18. The van der Waals surface area contributed by atoms with E-state index < -0.39 is 0 Å². The Morgan fingerprint density at radius 3 is 1.74 bits per heavy atom. The van der Waals surface area contributed by atoms with Gasteiger partial charge < -0.3 is 23.7 Å². The van der Waals surface area contributed by atoms with Gasteiger partial charge in [0.25, 0.3) is 0 Å². The summed E-state index contributed by atoms with van der Waals surface area (Å²) >= 11 is 0. The summed E-state index contributed by atoms with van der Waals surface area (Å²) in [6.07, 6.45) is 2.70. The molecule has 0 amide bonds. The molecule has 0 spiro atoms. The van der Waals surface area contributed by atoms with Gasteiger partial charge in [0, 0.05) is 0 Å². The van der Waals surface area contributed by atoms with Crippen LogP contribution in [0.3, 0.4) is 0 Å². The second kappa shape index (κ2) is 9.95. The van der Waals surface area contributed by atoms with Crippen molar-refractivity contribution in [2.24, 2.45) is 0 Å². The highest BCUT2D eigenvalue weighted by Crippen LogP contribution is 2.40. The molecule has 0 aliphatic rings. The monoisotopic (exact) mass is 374 g/mol. The van der Waals surface area contributed by atoms with Crippen LogP contribution in [0, 0.1) is 0 Å². The van der Waals surface area contributed by atoms with Gasteiger partial charge in [0.05, 0.1) is 34.5 Å². The fraction of sp³-hybridized carbons (Fsp3) is 0.455. The van der Waals surface area contributed by atoms with Gasteiger partial charge in [-0.2, -0.15) is 0 Å². The van der Waals surface area contributed by atoms with Crippen molar-refractivity contribution in [3.8, 4) is 28.7 Å². The molecule has 0 saturated heterocycles. The van der Waals surface area contributed by atoms with E-state index in [1.807, 2.05) is 31.2 Å². The minimum Gasteiger partial charge on any atom is -0.493 e. The summed E-state index contributed by atoms with van der Waals surface area (Å²) in [7, 11) is 6.58. The molecule has 0 aliphatic heterocycles. The lowest BCUT2D eigenvalue weighted by Gasteiger charge is -2.19. The second-order valence-electron chi connectivity index (χ2n) is 6.36. The molecule has 0 aromatic heterocycles. The molecule has 27 heavy (non-hydrogen) atoms. The van der Waals surface area contributed by atoms with E-state index in [9.17, 15) is 0 Å². The van der Waals surface area contributed by atoms with E-state index in [1.54, 1.807) is 28.4 Å². The Kier molecular flexibility index (Phi) is 7.65. The SMILES string of the molecule is CCC(C)Oc1c(OC)cc(CCc2ccc(OC)c(OC)c2)cc1OC. The summed E-state index contributed by atoms with van der Waals surface area (Å²) in [5.41, 5.74) is 2.29. The maximum absolute atomic E-state index is 6.00. The molecule has 2 aromatic carbocycles. The van der Waals surface area contributed by atoms with Crippen LogP contribution in [0.15, 0.2) is 30.3 Å². The summed E-state index contributed by atoms with van der Waals surface area (Å²) in [6.45, 7) is 4.12. The number of benzene rings is 2. The molecule has 5 heteroatoms. The highest BCUT2D eigenvalue weighted by atomic mass is 16.5. The van der Waals surface area contributed by atoms with Gasteiger partial charge in [-0.15, -0.1) is 0 Å². The minimum atomic E-state index is 0.0883. The third-order valence-corrected chi connectivity index (χ3v) is 4.56. The predicted octanol–water partition coefficient (Wildman–Crippen LogP) is 4.68. The number of aryl methyl sites for hydroxylation is 2. The largest absolute Gasteiger partial charge is 0.493 e. The standard InChI is InChI=1S/C22H30O5/c1-7-15(2)27-22-20(25-5)13-17(14-21(22)26-6)9-8-16-10-11-18(23-3)19(12-16)24-4/h10-15H,7-9H2,1-6H3.